The highest BCUT2D eigenvalue weighted by atomic mass is 32.2. The molecule has 1 aliphatic carbocycles. The van der Waals surface area contributed by atoms with Crippen LogP contribution in [0.1, 0.15) is 35.7 Å². The molecule has 1 fully saturated rings. The minimum absolute atomic E-state index is 0.201. The molecule has 3 rings (SSSR count). The van der Waals surface area contributed by atoms with Gasteiger partial charge in [-0.3, -0.25) is 9.69 Å². The van der Waals surface area contributed by atoms with E-state index in [2.05, 4.69) is 16.3 Å². The Morgan fingerprint density at radius 3 is 3.26 bits per heavy atom. The lowest BCUT2D eigenvalue weighted by Crippen LogP contribution is -2.46. The van der Waals surface area contributed by atoms with Crippen molar-refractivity contribution in [1.82, 2.24) is 4.90 Å². The van der Waals surface area contributed by atoms with Crippen LogP contribution in [0.4, 0.5) is 0 Å². The Bertz CT molecular complexity index is 460. The third-order valence-electron chi connectivity index (χ3n) is 4.10. The van der Waals surface area contributed by atoms with Crippen LogP contribution in [-0.2, 0) is 11.2 Å². The van der Waals surface area contributed by atoms with Crippen LogP contribution in [0.15, 0.2) is 11.4 Å². The third kappa shape index (κ3) is 2.83. The predicted molar refractivity (Wildman–Crippen MR) is 80.1 cm³/mol. The van der Waals surface area contributed by atoms with Crippen molar-refractivity contribution in [3.05, 3.63) is 21.9 Å². The first-order chi connectivity index (χ1) is 9.25. The number of nitrogens with zero attached hydrogens (tertiary/aromatic N) is 1. The number of hydrogen-bond acceptors (Lipinski definition) is 4. The van der Waals surface area contributed by atoms with Crippen LogP contribution >= 0.6 is 23.1 Å². The lowest BCUT2D eigenvalue weighted by Gasteiger charge is -2.42. The molecule has 1 N–H and O–H groups in total. The molecule has 19 heavy (non-hydrogen) atoms. The summed E-state index contributed by atoms with van der Waals surface area (Å²) in [7, 11) is 0. The molecule has 0 radical (unpaired) electrons. The van der Waals surface area contributed by atoms with Gasteiger partial charge in [-0.1, -0.05) is 0 Å². The van der Waals surface area contributed by atoms with Gasteiger partial charge >= 0.3 is 5.97 Å². The zero-order valence-electron chi connectivity index (χ0n) is 10.9. The molecule has 0 bridgehead atoms. The first kappa shape index (κ1) is 13.5. The van der Waals surface area contributed by atoms with Crippen molar-refractivity contribution < 1.29 is 9.90 Å². The number of aliphatic carboxylic acids is 1. The average molecular weight is 297 g/mol. The highest BCUT2D eigenvalue weighted by molar-refractivity contribution is 7.99. The minimum atomic E-state index is -0.668. The van der Waals surface area contributed by atoms with Crippen molar-refractivity contribution in [1.29, 1.82) is 0 Å². The Kier molecular flexibility index (Phi) is 4.15. The van der Waals surface area contributed by atoms with Gasteiger partial charge in [-0.15, -0.1) is 11.3 Å². The predicted octanol–water partition coefficient (Wildman–Crippen LogP) is 3.02. The summed E-state index contributed by atoms with van der Waals surface area (Å²) < 4.78 is 0. The van der Waals surface area contributed by atoms with E-state index >= 15 is 0 Å². The van der Waals surface area contributed by atoms with Gasteiger partial charge < -0.3 is 5.11 Å². The molecule has 104 valence electrons. The van der Waals surface area contributed by atoms with E-state index in [9.17, 15) is 4.79 Å². The SMILES string of the molecule is O=C(O)CC1CSCCN1C1CCCc2sccc21. The van der Waals surface area contributed by atoms with Gasteiger partial charge in [-0.05, 0) is 36.3 Å². The molecule has 5 heteroatoms. The summed E-state index contributed by atoms with van der Waals surface area (Å²) in [4.78, 5) is 15.0. The van der Waals surface area contributed by atoms with Crippen molar-refractivity contribution in [2.75, 3.05) is 18.1 Å². The van der Waals surface area contributed by atoms with Crippen molar-refractivity contribution in [2.24, 2.45) is 0 Å². The number of rotatable bonds is 3. The van der Waals surface area contributed by atoms with Crippen molar-refractivity contribution in [2.45, 2.75) is 37.8 Å². The van der Waals surface area contributed by atoms with Gasteiger partial charge in [0, 0.05) is 35.0 Å². The van der Waals surface area contributed by atoms with Gasteiger partial charge in [-0.25, -0.2) is 0 Å². The quantitative estimate of drug-likeness (QED) is 0.931. The van der Waals surface area contributed by atoms with Gasteiger partial charge in [0.05, 0.1) is 6.42 Å². The topological polar surface area (TPSA) is 40.5 Å². The number of thioether (sulfide) groups is 1. The summed E-state index contributed by atoms with van der Waals surface area (Å²) in [6.45, 7) is 1.03. The molecule has 1 aliphatic heterocycles. The van der Waals surface area contributed by atoms with E-state index in [4.69, 9.17) is 5.11 Å². The monoisotopic (exact) mass is 297 g/mol. The smallest absolute Gasteiger partial charge is 0.304 e. The summed E-state index contributed by atoms with van der Waals surface area (Å²) in [6, 6.07) is 2.91. The molecule has 1 saturated heterocycles. The molecule has 3 nitrogen and oxygen atoms in total. The van der Waals surface area contributed by atoms with E-state index in [1.165, 1.54) is 29.7 Å². The van der Waals surface area contributed by atoms with Crippen LogP contribution < -0.4 is 0 Å². The van der Waals surface area contributed by atoms with Gasteiger partial charge in [0.25, 0.3) is 0 Å². The number of hydrogen-bond donors (Lipinski definition) is 1. The second-order valence-corrected chi connectivity index (χ2v) is 7.42. The van der Waals surface area contributed by atoms with Gasteiger partial charge in [0.1, 0.15) is 0 Å². The average Bonchev–Trinajstić information content (AvgIpc) is 2.87. The van der Waals surface area contributed by atoms with Gasteiger partial charge in [0.2, 0.25) is 0 Å². The second-order valence-electron chi connectivity index (χ2n) is 5.27. The highest BCUT2D eigenvalue weighted by Gasteiger charge is 2.34. The number of carboxylic acid groups (broad SMARTS) is 1. The summed E-state index contributed by atoms with van der Waals surface area (Å²) in [5.74, 6) is 1.42. The van der Waals surface area contributed by atoms with E-state index in [1.54, 1.807) is 0 Å². The van der Waals surface area contributed by atoms with Crippen LogP contribution in [0.3, 0.4) is 0 Å². The highest BCUT2D eigenvalue weighted by Crippen LogP contribution is 2.39. The van der Waals surface area contributed by atoms with Crippen molar-refractivity contribution in [3.8, 4) is 0 Å². The van der Waals surface area contributed by atoms with E-state index in [1.807, 2.05) is 23.1 Å². The van der Waals surface area contributed by atoms with Crippen LogP contribution in [0.25, 0.3) is 0 Å². The lowest BCUT2D eigenvalue weighted by molar-refractivity contribution is -0.138. The molecule has 1 aromatic rings. The molecule has 2 heterocycles. The zero-order valence-corrected chi connectivity index (χ0v) is 12.5. The molecule has 2 unspecified atom stereocenters. The molecule has 0 spiro atoms. The summed E-state index contributed by atoms with van der Waals surface area (Å²) in [5, 5.41) is 11.3. The number of thiophene rings is 1. The lowest BCUT2D eigenvalue weighted by atomic mass is 9.91. The Morgan fingerprint density at radius 1 is 1.53 bits per heavy atom. The van der Waals surface area contributed by atoms with Crippen LogP contribution in [0, 0.1) is 0 Å². The Hall–Kier alpha value is -0.520. The molecule has 2 aliphatic rings. The summed E-state index contributed by atoms with van der Waals surface area (Å²) in [6.07, 6.45) is 3.91. The Morgan fingerprint density at radius 2 is 2.42 bits per heavy atom. The molecule has 0 saturated carbocycles. The minimum Gasteiger partial charge on any atom is -0.481 e. The maximum Gasteiger partial charge on any atom is 0.304 e. The van der Waals surface area contributed by atoms with Crippen molar-refractivity contribution >= 4 is 29.1 Å². The fraction of sp³-hybridized carbons (Fsp3) is 0.643. The van der Waals surface area contributed by atoms with Crippen molar-refractivity contribution in [3.63, 3.8) is 0 Å². The Labute approximate surface area is 122 Å². The maximum atomic E-state index is 11.1. The molecule has 0 amide bonds. The number of fused-ring (bicyclic) bond motifs is 1. The maximum absolute atomic E-state index is 11.1. The van der Waals surface area contributed by atoms with Crippen LogP contribution in [0.2, 0.25) is 0 Å². The zero-order chi connectivity index (χ0) is 13.2. The normalized spacial score (nSPS) is 28.0. The van der Waals surface area contributed by atoms with Crippen LogP contribution in [0.5, 0.6) is 0 Å². The van der Waals surface area contributed by atoms with E-state index < -0.39 is 5.97 Å². The third-order valence-corrected chi connectivity index (χ3v) is 6.19. The standard InChI is InChI=1S/C14H19NO2S2/c16-14(17)8-10-9-18-7-5-15(10)12-2-1-3-13-11(12)4-6-19-13/h4,6,10,12H,1-3,5,7-9H2,(H,16,17). The van der Waals surface area contributed by atoms with E-state index in [0.29, 0.717) is 6.04 Å². The first-order valence-electron chi connectivity index (χ1n) is 6.87. The summed E-state index contributed by atoms with van der Waals surface area (Å²) >= 11 is 3.75. The fourth-order valence-electron chi connectivity index (χ4n) is 3.26. The Balaban J connectivity index is 1.82. The van der Waals surface area contributed by atoms with Gasteiger partial charge in [-0.2, -0.15) is 11.8 Å². The van der Waals surface area contributed by atoms with E-state index in [-0.39, 0.29) is 12.5 Å². The number of carbonyl (C=O) groups is 1. The molecule has 0 aromatic carbocycles. The largest absolute Gasteiger partial charge is 0.481 e. The number of carboxylic acids is 1. The molecular weight excluding hydrogens is 278 g/mol. The first-order valence-corrected chi connectivity index (χ1v) is 8.90. The number of aryl methyl sites for hydroxylation is 1. The second kappa shape index (κ2) is 5.85. The molecule has 2 atom stereocenters. The summed E-state index contributed by atoms with van der Waals surface area (Å²) in [5.41, 5.74) is 1.47. The molecular formula is C14H19NO2S2. The van der Waals surface area contributed by atoms with Gasteiger partial charge in [0.15, 0.2) is 0 Å². The van der Waals surface area contributed by atoms with E-state index in [0.717, 1.165) is 18.1 Å². The molecule has 1 aromatic heterocycles. The fourth-order valence-corrected chi connectivity index (χ4v) is 5.33. The van der Waals surface area contributed by atoms with Crippen LogP contribution in [-0.4, -0.2) is 40.1 Å².